The molecule has 1 aliphatic heterocycles. The van der Waals surface area contributed by atoms with Gasteiger partial charge in [0.1, 0.15) is 17.1 Å². The van der Waals surface area contributed by atoms with Gasteiger partial charge in [0.05, 0.1) is 22.0 Å². The van der Waals surface area contributed by atoms with E-state index < -0.39 is 17.2 Å². The average molecular weight is 531 g/mol. The van der Waals surface area contributed by atoms with E-state index >= 15 is 0 Å². The molecule has 0 unspecified atom stereocenters. The SMILES string of the molecule is O=C(C1CC1)[C@@]1(Cn2c(-c3ccc(-c4ccc5ocnc5c4)cc3)nc3cc(C(F)(F)F)ccc32)CCNC1. The normalized spacial score (nSPS) is 19.8. The fourth-order valence-corrected chi connectivity index (χ4v) is 5.78. The van der Waals surface area contributed by atoms with Crippen LogP contribution in [0.1, 0.15) is 24.8 Å². The first kappa shape index (κ1) is 24.1. The number of fused-ring (bicyclic) bond motifs is 2. The van der Waals surface area contributed by atoms with Gasteiger partial charge < -0.3 is 14.3 Å². The lowest BCUT2D eigenvalue weighted by atomic mass is 9.80. The molecule has 39 heavy (non-hydrogen) atoms. The van der Waals surface area contributed by atoms with Crippen molar-refractivity contribution < 1.29 is 22.4 Å². The number of carbonyl (C=O) groups excluding carboxylic acids is 1. The molecule has 1 saturated heterocycles. The van der Waals surface area contributed by atoms with Gasteiger partial charge in [-0.1, -0.05) is 30.3 Å². The maximum absolute atomic E-state index is 13.5. The van der Waals surface area contributed by atoms with E-state index in [1.165, 1.54) is 12.5 Å². The molecule has 5 aromatic rings. The Bertz CT molecular complexity index is 1710. The molecule has 0 amide bonds. The van der Waals surface area contributed by atoms with Crippen LogP contribution in [0.4, 0.5) is 13.2 Å². The summed E-state index contributed by atoms with van der Waals surface area (Å²) in [6.07, 6.45) is -0.537. The van der Waals surface area contributed by atoms with E-state index in [1.54, 1.807) is 0 Å². The fraction of sp³-hybridized carbons (Fsp3) is 0.300. The second kappa shape index (κ2) is 8.77. The minimum absolute atomic E-state index is 0.0845. The number of hydrogen-bond acceptors (Lipinski definition) is 5. The number of imidazole rings is 1. The Morgan fingerprint density at radius 1 is 1.00 bits per heavy atom. The van der Waals surface area contributed by atoms with Gasteiger partial charge in [0.25, 0.3) is 0 Å². The van der Waals surface area contributed by atoms with E-state index in [4.69, 9.17) is 9.40 Å². The number of hydrogen-bond donors (Lipinski definition) is 1. The largest absolute Gasteiger partial charge is 0.443 e. The average Bonchev–Trinajstić information content (AvgIpc) is 3.32. The first-order valence-corrected chi connectivity index (χ1v) is 13.1. The highest BCUT2D eigenvalue weighted by Gasteiger charge is 2.48. The third-order valence-corrected chi connectivity index (χ3v) is 8.06. The Morgan fingerprint density at radius 2 is 1.77 bits per heavy atom. The monoisotopic (exact) mass is 530 g/mol. The van der Waals surface area contributed by atoms with Crippen molar-refractivity contribution in [1.29, 1.82) is 0 Å². The summed E-state index contributed by atoms with van der Waals surface area (Å²) >= 11 is 0. The van der Waals surface area contributed by atoms with Gasteiger partial charge in [-0.15, -0.1) is 0 Å². The lowest BCUT2D eigenvalue weighted by Crippen LogP contribution is -2.39. The summed E-state index contributed by atoms with van der Waals surface area (Å²) in [6.45, 7) is 1.67. The van der Waals surface area contributed by atoms with Gasteiger partial charge in [0.2, 0.25) is 0 Å². The number of halogens is 3. The molecule has 9 heteroatoms. The first-order valence-electron chi connectivity index (χ1n) is 13.1. The van der Waals surface area contributed by atoms with Gasteiger partial charge in [0.15, 0.2) is 12.0 Å². The van der Waals surface area contributed by atoms with Crippen LogP contribution >= 0.6 is 0 Å². The van der Waals surface area contributed by atoms with Gasteiger partial charge in [-0.05, 0) is 67.3 Å². The Hall–Kier alpha value is -3.98. The van der Waals surface area contributed by atoms with E-state index in [2.05, 4.69) is 10.3 Å². The number of Topliss-reactive ketones (excluding diaryl/α,β-unsaturated/α-hetero) is 1. The number of aromatic nitrogens is 3. The van der Waals surface area contributed by atoms with Crippen molar-refractivity contribution >= 4 is 27.9 Å². The van der Waals surface area contributed by atoms with Gasteiger partial charge in [-0.2, -0.15) is 13.2 Å². The number of benzene rings is 3. The highest BCUT2D eigenvalue weighted by molar-refractivity contribution is 5.90. The van der Waals surface area contributed by atoms with E-state index in [0.717, 1.165) is 53.7 Å². The zero-order valence-electron chi connectivity index (χ0n) is 21.0. The third-order valence-electron chi connectivity index (χ3n) is 8.06. The number of nitrogens with one attached hydrogen (secondary N) is 1. The quantitative estimate of drug-likeness (QED) is 0.272. The highest BCUT2D eigenvalue weighted by atomic mass is 19.4. The minimum atomic E-state index is -4.47. The molecule has 1 atom stereocenters. The van der Waals surface area contributed by atoms with Gasteiger partial charge >= 0.3 is 6.18 Å². The molecule has 1 saturated carbocycles. The van der Waals surface area contributed by atoms with Crippen molar-refractivity contribution in [1.82, 2.24) is 19.9 Å². The lowest BCUT2D eigenvalue weighted by Gasteiger charge is -2.28. The number of oxazole rings is 1. The molecule has 1 N–H and O–H groups in total. The zero-order valence-corrected chi connectivity index (χ0v) is 21.0. The smallest absolute Gasteiger partial charge is 0.416 e. The van der Waals surface area contributed by atoms with Crippen LogP contribution in [0, 0.1) is 11.3 Å². The third kappa shape index (κ3) is 4.21. The molecule has 7 rings (SSSR count). The lowest BCUT2D eigenvalue weighted by molar-refractivity contribution is -0.137. The minimum Gasteiger partial charge on any atom is -0.443 e. The molecular formula is C30H25F3N4O2. The highest BCUT2D eigenvalue weighted by Crippen LogP contribution is 2.43. The Labute approximate surface area is 221 Å². The predicted octanol–water partition coefficient (Wildman–Crippen LogP) is 6.49. The second-order valence-corrected chi connectivity index (χ2v) is 10.7. The first-order chi connectivity index (χ1) is 18.8. The molecule has 2 aliphatic rings. The van der Waals surface area contributed by atoms with Crippen LogP contribution in [0.15, 0.2) is 71.5 Å². The Kier molecular flexibility index (Phi) is 5.42. The maximum atomic E-state index is 13.5. The molecule has 2 fully saturated rings. The maximum Gasteiger partial charge on any atom is 0.416 e. The number of alkyl halides is 3. The number of carbonyl (C=O) groups is 1. The number of rotatable bonds is 6. The summed E-state index contributed by atoms with van der Waals surface area (Å²) in [5.74, 6) is 0.893. The molecule has 0 radical (unpaired) electrons. The summed E-state index contributed by atoms with van der Waals surface area (Å²) in [7, 11) is 0. The molecule has 198 valence electrons. The Balaban J connectivity index is 1.32. The van der Waals surface area contributed by atoms with Crippen LogP contribution in [0.25, 0.3) is 44.6 Å². The van der Waals surface area contributed by atoms with Crippen LogP contribution in [0.2, 0.25) is 0 Å². The van der Waals surface area contributed by atoms with E-state index in [1.807, 2.05) is 47.0 Å². The van der Waals surface area contributed by atoms with Crippen LogP contribution < -0.4 is 5.32 Å². The van der Waals surface area contributed by atoms with Crippen molar-refractivity contribution in [2.45, 2.75) is 32.0 Å². The summed E-state index contributed by atoms with van der Waals surface area (Å²) in [5, 5.41) is 3.35. The summed E-state index contributed by atoms with van der Waals surface area (Å²) < 4.78 is 47.8. The summed E-state index contributed by atoms with van der Waals surface area (Å²) in [6, 6.07) is 17.2. The second-order valence-electron chi connectivity index (χ2n) is 10.7. The summed E-state index contributed by atoms with van der Waals surface area (Å²) in [5.41, 5.74) is 3.69. The van der Waals surface area contributed by atoms with Crippen molar-refractivity contribution in [2.24, 2.45) is 11.3 Å². The van der Waals surface area contributed by atoms with Crippen molar-refractivity contribution in [3.05, 3.63) is 72.6 Å². The molecule has 0 spiro atoms. The van der Waals surface area contributed by atoms with Crippen LogP contribution in [-0.2, 0) is 17.5 Å². The van der Waals surface area contributed by atoms with E-state index in [9.17, 15) is 18.0 Å². The molecular weight excluding hydrogens is 505 g/mol. The standard InChI is InChI=1S/C30H25F3N4O2/c31-30(32,33)22-8-9-25-23(14-22)36-28(37(25)16-29(11-12-34-15-29)27(38)19-3-4-19)20-5-1-18(2-6-20)21-7-10-26-24(13-21)35-17-39-26/h1-2,5-10,13-14,17,19,34H,3-4,11-12,15-16H2/t29-/m0/s1. The fourth-order valence-electron chi connectivity index (χ4n) is 5.78. The molecule has 6 nitrogen and oxygen atoms in total. The van der Waals surface area contributed by atoms with Crippen LogP contribution in [0.5, 0.6) is 0 Å². The molecule has 3 heterocycles. The van der Waals surface area contributed by atoms with Crippen molar-refractivity contribution in [3.8, 4) is 22.5 Å². The van der Waals surface area contributed by atoms with Gasteiger partial charge in [0, 0.05) is 24.6 Å². The topological polar surface area (TPSA) is 73.0 Å². The zero-order chi connectivity index (χ0) is 26.8. The number of nitrogens with zero attached hydrogens (tertiary/aromatic N) is 3. The molecule has 1 aliphatic carbocycles. The van der Waals surface area contributed by atoms with E-state index in [-0.39, 0.29) is 17.2 Å². The van der Waals surface area contributed by atoms with Crippen LogP contribution in [-0.4, -0.2) is 33.4 Å². The van der Waals surface area contributed by atoms with Crippen molar-refractivity contribution in [3.63, 3.8) is 0 Å². The molecule has 0 bridgehead atoms. The van der Waals surface area contributed by atoms with E-state index in [0.29, 0.717) is 36.4 Å². The van der Waals surface area contributed by atoms with Crippen molar-refractivity contribution in [2.75, 3.05) is 13.1 Å². The summed E-state index contributed by atoms with van der Waals surface area (Å²) in [4.78, 5) is 22.4. The molecule has 2 aromatic heterocycles. The van der Waals surface area contributed by atoms with Gasteiger partial charge in [-0.25, -0.2) is 9.97 Å². The predicted molar refractivity (Wildman–Crippen MR) is 141 cm³/mol. The van der Waals surface area contributed by atoms with Gasteiger partial charge in [-0.3, -0.25) is 4.79 Å². The van der Waals surface area contributed by atoms with Crippen LogP contribution in [0.3, 0.4) is 0 Å². The number of ketones is 1. The molecule has 3 aromatic carbocycles. The Morgan fingerprint density at radius 3 is 2.49 bits per heavy atom.